The lowest BCUT2D eigenvalue weighted by atomic mass is 10.1. The van der Waals surface area contributed by atoms with Gasteiger partial charge in [-0.05, 0) is 31.2 Å². The van der Waals surface area contributed by atoms with Crippen LogP contribution in [0, 0.1) is 0 Å². The Morgan fingerprint density at radius 2 is 1.90 bits per heavy atom. The van der Waals surface area contributed by atoms with Crippen LogP contribution in [-0.2, 0) is 14.9 Å². The van der Waals surface area contributed by atoms with Crippen LogP contribution in [0.1, 0.15) is 25.5 Å². The number of hydrogen-bond donors (Lipinski definition) is 3. The van der Waals surface area contributed by atoms with Gasteiger partial charge >= 0.3 is 0 Å². The molecule has 0 bridgehead atoms. The fourth-order valence-electron chi connectivity index (χ4n) is 1.73. The summed E-state index contributed by atoms with van der Waals surface area (Å²) in [6, 6.07) is 7.54. The van der Waals surface area contributed by atoms with E-state index in [1.54, 1.807) is 12.1 Å². The van der Waals surface area contributed by atoms with Crippen molar-refractivity contribution in [2.75, 3.05) is 31.5 Å². The van der Waals surface area contributed by atoms with Gasteiger partial charge in [0.1, 0.15) is 0 Å². The topological polar surface area (TPSA) is 79.5 Å². The van der Waals surface area contributed by atoms with Gasteiger partial charge in [-0.25, -0.2) is 0 Å². The molecular formula is C13H23N3O3S. The van der Waals surface area contributed by atoms with Gasteiger partial charge in [0.2, 0.25) is 0 Å². The predicted molar refractivity (Wildman–Crippen MR) is 81.0 cm³/mol. The van der Waals surface area contributed by atoms with E-state index in [0.29, 0.717) is 12.3 Å². The van der Waals surface area contributed by atoms with Gasteiger partial charge in [-0.2, -0.15) is 13.1 Å². The van der Waals surface area contributed by atoms with Crippen molar-refractivity contribution in [3.63, 3.8) is 0 Å². The second-order valence-corrected chi connectivity index (χ2v) is 5.89. The normalized spacial score (nSPS) is 13.2. The first-order valence-corrected chi connectivity index (χ1v) is 8.06. The van der Waals surface area contributed by atoms with E-state index in [4.69, 9.17) is 4.74 Å². The van der Waals surface area contributed by atoms with Crippen molar-refractivity contribution in [1.29, 1.82) is 0 Å². The molecule has 7 heteroatoms. The first kappa shape index (κ1) is 16.9. The molecule has 0 fully saturated rings. The lowest BCUT2D eigenvalue weighted by molar-refractivity contribution is 0.204. The summed E-state index contributed by atoms with van der Waals surface area (Å²) >= 11 is 0. The van der Waals surface area contributed by atoms with E-state index in [1.807, 2.05) is 19.1 Å². The van der Waals surface area contributed by atoms with E-state index in [9.17, 15) is 8.42 Å². The van der Waals surface area contributed by atoms with Crippen LogP contribution in [0.15, 0.2) is 24.3 Å². The minimum Gasteiger partial charge on any atom is -0.383 e. The third-order valence-electron chi connectivity index (χ3n) is 2.77. The maximum absolute atomic E-state index is 11.7. The predicted octanol–water partition coefficient (Wildman–Crippen LogP) is 1.25. The average Bonchev–Trinajstić information content (AvgIpc) is 2.39. The van der Waals surface area contributed by atoms with Crippen LogP contribution in [0.2, 0.25) is 0 Å². The first-order valence-electron chi connectivity index (χ1n) is 6.58. The maximum Gasteiger partial charge on any atom is 0.299 e. The van der Waals surface area contributed by atoms with Crippen molar-refractivity contribution >= 4 is 15.9 Å². The molecule has 0 saturated heterocycles. The van der Waals surface area contributed by atoms with Crippen LogP contribution in [0.4, 0.5) is 5.69 Å². The van der Waals surface area contributed by atoms with Crippen molar-refractivity contribution < 1.29 is 13.2 Å². The largest absolute Gasteiger partial charge is 0.383 e. The summed E-state index contributed by atoms with van der Waals surface area (Å²) in [6.07, 6.45) is 0. The molecule has 1 aromatic rings. The van der Waals surface area contributed by atoms with E-state index in [1.165, 1.54) is 7.11 Å². The summed E-state index contributed by atoms with van der Waals surface area (Å²) in [5.74, 6) is 0. The van der Waals surface area contributed by atoms with Crippen molar-refractivity contribution in [3.05, 3.63) is 29.8 Å². The Kier molecular flexibility index (Phi) is 6.94. The van der Waals surface area contributed by atoms with Crippen molar-refractivity contribution in [3.8, 4) is 0 Å². The zero-order valence-electron chi connectivity index (χ0n) is 12.1. The average molecular weight is 301 g/mol. The molecular weight excluding hydrogens is 278 g/mol. The Hall–Kier alpha value is -1.15. The van der Waals surface area contributed by atoms with Crippen LogP contribution in [0.3, 0.4) is 0 Å². The highest BCUT2D eigenvalue weighted by Crippen LogP contribution is 2.16. The Morgan fingerprint density at radius 1 is 1.25 bits per heavy atom. The van der Waals surface area contributed by atoms with E-state index in [-0.39, 0.29) is 12.6 Å². The molecule has 6 nitrogen and oxygen atoms in total. The highest BCUT2D eigenvalue weighted by Gasteiger charge is 2.09. The number of rotatable bonds is 9. The molecule has 0 spiro atoms. The van der Waals surface area contributed by atoms with Gasteiger partial charge in [-0.3, -0.25) is 4.72 Å². The van der Waals surface area contributed by atoms with Gasteiger partial charge in [-0.15, -0.1) is 0 Å². The molecule has 0 radical (unpaired) electrons. The zero-order valence-corrected chi connectivity index (χ0v) is 13.0. The van der Waals surface area contributed by atoms with Crippen LogP contribution in [0.25, 0.3) is 0 Å². The van der Waals surface area contributed by atoms with Crippen molar-refractivity contribution in [1.82, 2.24) is 10.0 Å². The monoisotopic (exact) mass is 301 g/mol. The number of ether oxygens (including phenoxy) is 1. The van der Waals surface area contributed by atoms with Gasteiger partial charge in [0.25, 0.3) is 10.2 Å². The third kappa shape index (κ3) is 5.87. The maximum atomic E-state index is 11.7. The van der Waals surface area contributed by atoms with Gasteiger partial charge in [0.05, 0.1) is 6.61 Å². The lowest BCUT2D eigenvalue weighted by Crippen LogP contribution is -2.32. The van der Waals surface area contributed by atoms with Gasteiger partial charge in [-0.1, -0.05) is 19.1 Å². The van der Waals surface area contributed by atoms with Crippen LogP contribution in [-0.4, -0.2) is 35.2 Å². The summed E-state index contributed by atoms with van der Waals surface area (Å²) in [5.41, 5.74) is 1.64. The van der Waals surface area contributed by atoms with E-state index in [2.05, 4.69) is 21.7 Å². The molecule has 0 saturated carbocycles. The van der Waals surface area contributed by atoms with E-state index >= 15 is 0 Å². The highest BCUT2D eigenvalue weighted by atomic mass is 32.2. The Morgan fingerprint density at radius 3 is 2.45 bits per heavy atom. The second kappa shape index (κ2) is 8.21. The van der Waals surface area contributed by atoms with Gasteiger partial charge in [0, 0.05) is 25.4 Å². The number of anilines is 1. The fourth-order valence-corrected chi connectivity index (χ4v) is 2.60. The highest BCUT2D eigenvalue weighted by molar-refractivity contribution is 7.90. The molecule has 1 rings (SSSR count). The molecule has 0 aliphatic heterocycles. The summed E-state index contributed by atoms with van der Waals surface area (Å²) in [6.45, 7) is 5.57. The minimum absolute atomic E-state index is 0.237. The second-order valence-electron chi connectivity index (χ2n) is 4.39. The molecule has 0 aliphatic rings. The van der Waals surface area contributed by atoms with Crippen LogP contribution < -0.4 is 14.8 Å². The van der Waals surface area contributed by atoms with E-state index < -0.39 is 10.2 Å². The first-order chi connectivity index (χ1) is 9.48. The number of methoxy groups -OCH3 is 1. The third-order valence-corrected chi connectivity index (χ3v) is 3.86. The van der Waals surface area contributed by atoms with Crippen molar-refractivity contribution in [2.45, 2.75) is 19.9 Å². The minimum atomic E-state index is -3.55. The molecule has 3 N–H and O–H groups in total. The zero-order chi connectivity index (χ0) is 15.0. The molecule has 0 amide bonds. The standard InChI is InChI=1S/C13H23N3O3S/c1-4-14-11(2)12-5-7-13(8-6-12)16-20(17,18)15-9-10-19-3/h5-8,11,14-16H,4,9-10H2,1-3H3. The fraction of sp³-hybridized carbons (Fsp3) is 0.538. The molecule has 1 unspecified atom stereocenters. The Labute approximate surface area is 121 Å². The molecule has 1 aromatic carbocycles. The molecule has 1 atom stereocenters. The van der Waals surface area contributed by atoms with Gasteiger partial charge < -0.3 is 10.1 Å². The molecule has 0 aliphatic carbocycles. The summed E-state index contributed by atoms with van der Waals surface area (Å²) in [7, 11) is -2.03. The number of benzene rings is 1. The molecule has 0 aromatic heterocycles. The summed E-state index contributed by atoms with van der Waals surface area (Å²) in [5, 5.41) is 3.30. The lowest BCUT2D eigenvalue weighted by Gasteiger charge is -2.14. The molecule has 20 heavy (non-hydrogen) atoms. The van der Waals surface area contributed by atoms with Crippen molar-refractivity contribution in [2.24, 2.45) is 0 Å². The smallest absolute Gasteiger partial charge is 0.299 e. The SMILES string of the molecule is CCNC(C)c1ccc(NS(=O)(=O)NCCOC)cc1. The molecule has 0 heterocycles. The molecule has 114 valence electrons. The summed E-state index contributed by atoms with van der Waals surface area (Å²) < 4.78 is 33.1. The van der Waals surface area contributed by atoms with Crippen LogP contribution in [0.5, 0.6) is 0 Å². The van der Waals surface area contributed by atoms with Crippen LogP contribution >= 0.6 is 0 Å². The quantitative estimate of drug-likeness (QED) is 0.600. The van der Waals surface area contributed by atoms with Gasteiger partial charge in [0.15, 0.2) is 0 Å². The van der Waals surface area contributed by atoms with E-state index in [0.717, 1.165) is 12.1 Å². The number of hydrogen-bond acceptors (Lipinski definition) is 4. The summed E-state index contributed by atoms with van der Waals surface area (Å²) in [4.78, 5) is 0. The Balaban J connectivity index is 2.60. The Bertz CT molecular complexity index is 488. The number of nitrogens with one attached hydrogen (secondary N) is 3.